The molecule has 0 aliphatic carbocycles. The van der Waals surface area contributed by atoms with Gasteiger partial charge in [-0.15, -0.1) is 0 Å². The van der Waals surface area contributed by atoms with E-state index in [1.807, 2.05) is 0 Å². The number of nitrogens with zero attached hydrogens (tertiary/aromatic N) is 1. The van der Waals surface area contributed by atoms with E-state index in [4.69, 9.17) is 9.47 Å². The van der Waals surface area contributed by atoms with Crippen molar-refractivity contribution in [1.82, 2.24) is 0 Å². The number of nitro benzene ring substituents is 1. The Kier molecular flexibility index (Phi) is 4.36. The first-order valence-electron chi connectivity index (χ1n) is 5.12. The molecule has 18 heavy (non-hydrogen) atoms. The third-order valence-electron chi connectivity index (χ3n) is 1.91. The number of rotatable bonds is 4. The van der Waals surface area contributed by atoms with Gasteiger partial charge in [0.25, 0.3) is 5.75 Å². The van der Waals surface area contributed by atoms with Crippen molar-refractivity contribution < 1.29 is 24.0 Å². The van der Waals surface area contributed by atoms with Crippen LogP contribution in [0.25, 0.3) is 0 Å². The van der Waals surface area contributed by atoms with Crippen LogP contribution in [0, 0.1) is 10.1 Å². The molecule has 1 aromatic rings. The molecule has 0 fully saturated rings. The molecule has 0 unspecified atom stereocenters. The van der Waals surface area contributed by atoms with E-state index < -0.39 is 22.5 Å². The van der Waals surface area contributed by atoms with E-state index in [2.05, 4.69) is 0 Å². The summed E-state index contributed by atoms with van der Waals surface area (Å²) in [6.45, 7) is 2.69. The summed E-state index contributed by atoms with van der Waals surface area (Å²) in [4.78, 5) is 32.2. The lowest BCUT2D eigenvalue weighted by Crippen LogP contribution is -2.10. The topological polar surface area (TPSA) is 95.7 Å². The van der Waals surface area contributed by atoms with Gasteiger partial charge < -0.3 is 9.47 Å². The molecule has 0 bridgehead atoms. The van der Waals surface area contributed by atoms with E-state index >= 15 is 0 Å². The average molecular weight is 253 g/mol. The summed E-state index contributed by atoms with van der Waals surface area (Å²) in [5.74, 6) is -1.83. The van der Waals surface area contributed by atoms with Gasteiger partial charge >= 0.3 is 17.6 Å². The fraction of sp³-hybridized carbons (Fsp3) is 0.273. The molecule has 0 aromatic heterocycles. The molecular weight excluding hydrogens is 242 g/mol. The molecule has 1 rings (SSSR count). The van der Waals surface area contributed by atoms with Crippen LogP contribution < -0.4 is 9.47 Å². The highest BCUT2D eigenvalue weighted by molar-refractivity contribution is 5.77. The lowest BCUT2D eigenvalue weighted by atomic mass is 10.2. The summed E-state index contributed by atoms with van der Waals surface area (Å²) in [7, 11) is 0. The van der Waals surface area contributed by atoms with Gasteiger partial charge in [0.15, 0.2) is 5.75 Å². The van der Waals surface area contributed by atoms with Crippen LogP contribution in [-0.2, 0) is 9.59 Å². The first-order valence-corrected chi connectivity index (χ1v) is 5.12. The maximum absolute atomic E-state index is 11.2. The number of nitro groups is 1. The Bertz CT molecular complexity index is 496. The van der Waals surface area contributed by atoms with Crippen LogP contribution in [0.1, 0.15) is 20.3 Å². The number of carbonyl (C=O) groups is 2. The van der Waals surface area contributed by atoms with E-state index in [1.54, 1.807) is 6.92 Å². The standard InChI is InChI=1S/C11H11NO6/c1-3-10(14)18-11-8(12(15)16)5-4-6-9(11)17-7(2)13/h4-6H,3H2,1-2H3. The molecule has 0 amide bonds. The number of benzene rings is 1. The van der Waals surface area contributed by atoms with E-state index in [9.17, 15) is 19.7 Å². The molecule has 0 N–H and O–H groups in total. The van der Waals surface area contributed by atoms with Gasteiger partial charge in [-0.1, -0.05) is 13.0 Å². The molecule has 0 radical (unpaired) electrons. The molecule has 7 nitrogen and oxygen atoms in total. The lowest BCUT2D eigenvalue weighted by molar-refractivity contribution is -0.385. The SMILES string of the molecule is CCC(=O)Oc1c(OC(C)=O)cccc1[N+](=O)[O-]. The van der Waals surface area contributed by atoms with Crippen molar-refractivity contribution in [2.24, 2.45) is 0 Å². The number of hydrogen-bond acceptors (Lipinski definition) is 6. The Morgan fingerprint density at radius 3 is 2.50 bits per heavy atom. The Morgan fingerprint density at radius 1 is 1.33 bits per heavy atom. The van der Waals surface area contributed by atoms with Crippen molar-refractivity contribution in [3.8, 4) is 11.5 Å². The minimum Gasteiger partial charge on any atom is -0.422 e. The Hall–Kier alpha value is -2.44. The van der Waals surface area contributed by atoms with Crippen LogP contribution in [0.3, 0.4) is 0 Å². The van der Waals surface area contributed by atoms with Gasteiger partial charge in [-0.25, -0.2) is 0 Å². The minimum absolute atomic E-state index is 0.0472. The van der Waals surface area contributed by atoms with E-state index in [0.717, 1.165) is 13.0 Å². The fourth-order valence-electron chi connectivity index (χ4n) is 1.17. The number of hydrogen-bond donors (Lipinski definition) is 0. The molecule has 0 aliphatic heterocycles. The van der Waals surface area contributed by atoms with Crippen LogP contribution in [0.15, 0.2) is 18.2 Å². The zero-order valence-corrected chi connectivity index (χ0v) is 9.84. The second-order valence-corrected chi connectivity index (χ2v) is 3.28. The summed E-state index contributed by atoms with van der Waals surface area (Å²) in [6, 6.07) is 3.80. The maximum atomic E-state index is 11.2. The van der Waals surface area contributed by atoms with Gasteiger partial charge in [0.2, 0.25) is 0 Å². The normalized spacial score (nSPS) is 9.67. The zero-order chi connectivity index (χ0) is 13.7. The first-order chi connectivity index (χ1) is 8.45. The number of para-hydroxylation sites is 1. The molecular formula is C11H11NO6. The minimum atomic E-state index is -0.717. The van der Waals surface area contributed by atoms with Crippen LogP contribution in [-0.4, -0.2) is 16.9 Å². The highest BCUT2D eigenvalue weighted by Gasteiger charge is 2.23. The van der Waals surface area contributed by atoms with E-state index in [-0.39, 0.29) is 17.9 Å². The summed E-state index contributed by atoms with van der Waals surface area (Å²) in [5, 5.41) is 10.8. The number of esters is 2. The zero-order valence-electron chi connectivity index (χ0n) is 9.84. The second-order valence-electron chi connectivity index (χ2n) is 3.28. The third kappa shape index (κ3) is 3.27. The number of ether oxygens (including phenoxy) is 2. The van der Waals surface area contributed by atoms with Crippen molar-refractivity contribution in [2.45, 2.75) is 20.3 Å². The summed E-state index contributed by atoms with van der Waals surface area (Å²) in [5.41, 5.74) is -0.435. The quantitative estimate of drug-likeness (QED) is 0.351. The molecule has 0 saturated carbocycles. The van der Waals surface area contributed by atoms with Crippen LogP contribution in [0.4, 0.5) is 5.69 Å². The smallest absolute Gasteiger partial charge is 0.315 e. The van der Waals surface area contributed by atoms with Crippen molar-refractivity contribution in [1.29, 1.82) is 0 Å². The first kappa shape index (κ1) is 13.6. The van der Waals surface area contributed by atoms with Gasteiger partial charge in [0.05, 0.1) is 4.92 Å². The molecule has 0 heterocycles. The van der Waals surface area contributed by atoms with Crippen LogP contribution in [0.2, 0.25) is 0 Å². The van der Waals surface area contributed by atoms with Crippen molar-refractivity contribution in [3.63, 3.8) is 0 Å². The molecule has 7 heteroatoms. The lowest BCUT2D eigenvalue weighted by Gasteiger charge is -2.08. The molecule has 1 aromatic carbocycles. The second kappa shape index (κ2) is 5.76. The molecule has 0 saturated heterocycles. The molecule has 96 valence electrons. The van der Waals surface area contributed by atoms with Gasteiger partial charge in [-0.05, 0) is 6.07 Å². The molecule has 0 atom stereocenters. The van der Waals surface area contributed by atoms with Crippen molar-refractivity contribution in [3.05, 3.63) is 28.3 Å². The summed E-state index contributed by atoms with van der Waals surface area (Å²) in [6.07, 6.45) is 0.0472. The van der Waals surface area contributed by atoms with Crippen molar-refractivity contribution >= 4 is 17.6 Å². The fourth-order valence-corrected chi connectivity index (χ4v) is 1.17. The largest absolute Gasteiger partial charge is 0.422 e. The highest BCUT2D eigenvalue weighted by Crippen LogP contribution is 2.37. The van der Waals surface area contributed by atoms with Gasteiger partial charge in [-0.2, -0.15) is 0 Å². The van der Waals surface area contributed by atoms with Crippen LogP contribution in [0.5, 0.6) is 11.5 Å². The molecule has 0 aliphatic rings. The van der Waals surface area contributed by atoms with Gasteiger partial charge in [0.1, 0.15) is 0 Å². The van der Waals surface area contributed by atoms with E-state index in [1.165, 1.54) is 12.1 Å². The Balaban J connectivity index is 3.24. The third-order valence-corrected chi connectivity index (χ3v) is 1.91. The highest BCUT2D eigenvalue weighted by atomic mass is 16.6. The monoisotopic (exact) mass is 253 g/mol. The maximum Gasteiger partial charge on any atom is 0.315 e. The van der Waals surface area contributed by atoms with Crippen molar-refractivity contribution in [2.75, 3.05) is 0 Å². The van der Waals surface area contributed by atoms with Crippen LogP contribution >= 0.6 is 0 Å². The Morgan fingerprint density at radius 2 is 2.00 bits per heavy atom. The number of carbonyl (C=O) groups excluding carboxylic acids is 2. The molecule has 0 spiro atoms. The predicted molar refractivity (Wildman–Crippen MR) is 60.3 cm³/mol. The Labute approximate surface area is 102 Å². The van der Waals surface area contributed by atoms with Gasteiger partial charge in [0, 0.05) is 19.4 Å². The van der Waals surface area contributed by atoms with Gasteiger partial charge in [-0.3, -0.25) is 19.7 Å². The summed E-state index contributed by atoms with van der Waals surface area (Å²) < 4.78 is 9.59. The predicted octanol–water partition coefficient (Wildman–Crippen LogP) is 1.84. The summed E-state index contributed by atoms with van der Waals surface area (Å²) >= 11 is 0. The van der Waals surface area contributed by atoms with E-state index in [0.29, 0.717) is 0 Å². The average Bonchev–Trinajstić information content (AvgIpc) is 2.30.